The fraction of sp³-hybridized carbons (Fsp3) is 0. The first-order valence-electron chi connectivity index (χ1n) is 0.698. The first kappa shape index (κ1) is 15.6. The predicted molar refractivity (Wildman–Crippen MR) is 15.2 cm³/mol. The standard InChI is InChI=1S/Cu.H2O4Se.H2O/c;1-5(2,3)4;/h;(H2,1,2,3,4);1H2. The Morgan fingerprint density at radius 1 is 1.14 bits per heavy atom. The van der Waals surface area contributed by atoms with Crippen LogP contribution in [0.25, 0.3) is 0 Å². The van der Waals surface area contributed by atoms with Crippen molar-refractivity contribution in [2.45, 2.75) is 0 Å². The Hall–Kier alpha value is 0.519. The fourth-order valence-corrected chi connectivity index (χ4v) is 0. The van der Waals surface area contributed by atoms with E-state index in [0.717, 1.165) is 0 Å². The van der Waals surface area contributed by atoms with Gasteiger partial charge in [0.2, 0.25) is 0 Å². The Balaban J connectivity index is -0.0000000800. The van der Waals surface area contributed by atoms with Gasteiger partial charge in [0.15, 0.2) is 0 Å². The summed E-state index contributed by atoms with van der Waals surface area (Å²) in [5.74, 6) is 0. The summed E-state index contributed by atoms with van der Waals surface area (Å²) in [4.78, 5) is 0. The van der Waals surface area contributed by atoms with E-state index in [0.29, 0.717) is 0 Å². The largest absolute Gasteiger partial charge is 0 e. The maximum absolute atomic E-state index is 8.82. The van der Waals surface area contributed by atoms with Crippen molar-refractivity contribution in [1.82, 2.24) is 0 Å². The zero-order chi connectivity index (χ0) is 4.50. The normalized spacial score (nSPS) is 8.29. The summed E-state index contributed by atoms with van der Waals surface area (Å²) in [6.45, 7) is 0. The molecule has 0 aromatic heterocycles. The molecule has 0 atom stereocenters. The molecule has 0 heterocycles. The summed E-state index contributed by atoms with van der Waals surface area (Å²) in [5.41, 5.74) is 0. The molecule has 5 nitrogen and oxygen atoms in total. The van der Waals surface area contributed by atoms with Crippen molar-refractivity contribution in [3.63, 3.8) is 0 Å². The molecule has 7 heavy (non-hydrogen) atoms. The zero-order valence-electron chi connectivity index (χ0n) is 2.92. The van der Waals surface area contributed by atoms with Gasteiger partial charge in [-0.1, -0.05) is 0 Å². The molecule has 0 saturated carbocycles. The van der Waals surface area contributed by atoms with Crippen molar-refractivity contribution in [2.75, 3.05) is 0 Å². The molecule has 0 aliphatic heterocycles. The Labute approximate surface area is 52.4 Å². The maximum Gasteiger partial charge on any atom is 0 e. The molecule has 0 aliphatic carbocycles. The van der Waals surface area contributed by atoms with Crippen LogP contribution in [0, 0.1) is 0 Å². The Morgan fingerprint density at radius 2 is 1.14 bits per heavy atom. The monoisotopic (exact) mass is 227 g/mol. The molecular weight excluding hydrogens is 223 g/mol. The molecule has 0 saturated heterocycles. The van der Waals surface area contributed by atoms with Gasteiger partial charge in [-0.2, -0.15) is 0 Å². The van der Waals surface area contributed by atoms with E-state index in [4.69, 9.17) is 16.0 Å². The van der Waals surface area contributed by atoms with Crippen LogP contribution >= 0.6 is 0 Å². The topological polar surface area (TPSA) is 106 Å². The van der Waals surface area contributed by atoms with E-state index in [-0.39, 0.29) is 22.5 Å². The molecule has 7 heteroatoms. The molecule has 0 fully saturated rings. The third-order valence-corrected chi connectivity index (χ3v) is 0. The molecular formula is H4CuO5Se. The van der Waals surface area contributed by atoms with Crippen LogP contribution in [-0.4, -0.2) is 27.2 Å². The molecule has 0 rings (SSSR count). The summed E-state index contributed by atoms with van der Waals surface area (Å²) in [5, 5.41) is 0. The van der Waals surface area contributed by atoms with E-state index < -0.39 is 13.4 Å². The van der Waals surface area contributed by atoms with Gasteiger partial charge in [0.1, 0.15) is 0 Å². The van der Waals surface area contributed by atoms with Gasteiger partial charge in [-0.3, -0.25) is 0 Å². The number of hydrogen-bond acceptors (Lipinski definition) is 2. The van der Waals surface area contributed by atoms with E-state index in [1.54, 1.807) is 0 Å². The second kappa shape index (κ2) is 4.67. The third-order valence-electron chi connectivity index (χ3n) is 0. The molecule has 51 valence electrons. The van der Waals surface area contributed by atoms with Crippen LogP contribution < -0.4 is 0 Å². The Morgan fingerprint density at radius 3 is 1.14 bits per heavy atom. The summed E-state index contributed by atoms with van der Waals surface area (Å²) < 4.78 is 31.9. The SMILES string of the molecule is O.O=[Se](=O)(O)O.[Cu]. The van der Waals surface area contributed by atoms with Crippen LogP contribution in [0.2, 0.25) is 0 Å². The van der Waals surface area contributed by atoms with Crippen LogP contribution in [-0.2, 0) is 24.7 Å². The molecule has 0 unspecified atom stereocenters. The summed E-state index contributed by atoms with van der Waals surface area (Å²) in [6, 6.07) is 0. The van der Waals surface area contributed by atoms with Gasteiger partial charge in [0.25, 0.3) is 0 Å². The average Bonchev–Trinajstić information content (AvgIpc) is 0.722. The minimum absolute atomic E-state index is 0. The molecule has 0 aromatic carbocycles. The first-order valence-corrected chi connectivity index (χ1v) is 3.63. The second-order valence-electron chi connectivity index (χ2n) is 0.448. The van der Waals surface area contributed by atoms with E-state index in [1.165, 1.54) is 0 Å². The van der Waals surface area contributed by atoms with Gasteiger partial charge in [-0.05, 0) is 0 Å². The number of hydrogen-bond donors (Lipinski definition) is 2. The van der Waals surface area contributed by atoms with Crippen LogP contribution in [0.15, 0.2) is 0 Å². The van der Waals surface area contributed by atoms with E-state index >= 15 is 0 Å². The first-order chi connectivity index (χ1) is 2.00. The third kappa shape index (κ3) is 494. The Bertz CT molecular complexity index is 91.2. The zero-order valence-corrected chi connectivity index (χ0v) is 5.58. The Kier molecular flexibility index (Phi) is 10.4. The van der Waals surface area contributed by atoms with Crippen LogP contribution in [0.1, 0.15) is 0 Å². The summed E-state index contributed by atoms with van der Waals surface area (Å²) >= 11 is -5.25. The van der Waals surface area contributed by atoms with Gasteiger partial charge < -0.3 is 5.48 Å². The smallest absolute Gasteiger partial charge is 0 e. The van der Waals surface area contributed by atoms with Gasteiger partial charge in [-0.15, -0.1) is 0 Å². The quantitative estimate of drug-likeness (QED) is 0.443. The van der Waals surface area contributed by atoms with Gasteiger partial charge in [0.05, 0.1) is 0 Å². The minimum atomic E-state index is -5.25. The maximum atomic E-state index is 8.82. The second-order valence-corrected chi connectivity index (χ2v) is 2.33. The molecule has 0 bridgehead atoms. The van der Waals surface area contributed by atoms with Crippen LogP contribution in [0.4, 0.5) is 0 Å². The van der Waals surface area contributed by atoms with Crippen molar-refractivity contribution in [2.24, 2.45) is 0 Å². The predicted octanol–water partition coefficient (Wildman–Crippen LogP) is -2.56. The van der Waals surface area contributed by atoms with E-state index in [9.17, 15) is 0 Å². The van der Waals surface area contributed by atoms with Crippen molar-refractivity contribution in [3.8, 4) is 0 Å². The van der Waals surface area contributed by atoms with Crippen LogP contribution in [0.5, 0.6) is 0 Å². The van der Waals surface area contributed by atoms with E-state index in [2.05, 4.69) is 0 Å². The summed E-state index contributed by atoms with van der Waals surface area (Å²) in [6.07, 6.45) is 0. The van der Waals surface area contributed by atoms with Crippen molar-refractivity contribution in [1.29, 1.82) is 0 Å². The van der Waals surface area contributed by atoms with Crippen molar-refractivity contribution < 1.29 is 38.6 Å². The average molecular weight is 227 g/mol. The molecule has 1 radical (unpaired) electrons. The van der Waals surface area contributed by atoms with Gasteiger partial charge >= 0.3 is 29.4 Å². The molecule has 4 N–H and O–H groups in total. The summed E-state index contributed by atoms with van der Waals surface area (Å²) in [7, 11) is 0. The van der Waals surface area contributed by atoms with E-state index in [1.807, 2.05) is 0 Å². The molecule has 0 amide bonds. The van der Waals surface area contributed by atoms with Gasteiger partial charge in [0, 0.05) is 17.1 Å². The molecule has 0 aliphatic rings. The van der Waals surface area contributed by atoms with Crippen molar-refractivity contribution >= 4 is 13.4 Å². The fourth-order valence-electron chi connectivity index (χ4n) is 0. The number of rotatable bonds is 0. The molecule has 0 spiro atoms. The van der Waals surface area contributed by atoms with Crippen molar-refractivity contribution in [3.05, 3.63) is 0 Å². The van der Waals surface area contributed by atoms with Crippen LogP contribution in [0.3, 0.4) is 0 Å². The molecule has 0 aromatic rings. The minimum Gasteiger partial charge on any atom is 0 e. The van der Waals surface area contributed by atoms with Gasteiger partial charge in [-0.25, -0.2) is 0 Å².